The predicted molar refractivity (Wildman–Crippen MR) is 96.9 cm³/mol. The summed E-state index contributed by atoms with van der Waals surface area (Å²) in [6.07, 6.45) is 0. The molecule has 1 aromatic carbocycles. The first kappa shape index (κ1) is 17.2. The lowest BCUT2D eigenvalue weighted by Crippen LogP contribution is -2.26. The quantitative estimate of drug-likeness (QED) is 0.557. The Morgan fingerprint density at radius 1 is 1.40 bits per heavy atom. The second-order valence-corrected chi connectivity index (χ2v) is 6.84. The van der Waals surface area contributed by atoms with E-state index < -0.39 is 5.25 Å². The van der Waals surface area contributed by atoms with Crippen LogP contribution >= 0.6 is 11.8 Å². The van der Waals surface area contributed by atoms with Crippen molar-refractivity contribution in [3.8, 4) is 0 Å². The minimum Gasteiger partial charge on any atom is -0.360 e. The Kier molecular flexibility index (Phi) is 4.89. The number of carbonyl (C=O) groups excluding carboxylic acids is 1. The molecule has 0 fully saturated rings. The summed E-state index contributed by atoms with van der Waals surface area (Å²) in [6.45, 7) is 5.87. The van der Waals surface area contributed by atoms with Crippen LogP contribution in [0.4, 0.5) is 5.82 Å². The number of benzene rings is 1. The van der Waals surface area contributed by atoms with E-state index in [9.17, 15) is 9.59 Å². The van der Waals surface area contributed by atoms with Gasteiger partial charge in [-0.2, -0.15) is 0 Å². The largest absolute Gasteiger partial charge is 0.360 e. The summed E-state index contributed by atoms with van der Waals surface area (Å²) in [5.41, 5.74) is 0.523. The van der Waals surface area contributed by atoms with E-state index in [0.717, 1.165) is 0 Å². The number of aromatic nitrogens is 3. The van der Waals surface area contributed by atoms with Crippen LogP contribution in [0.3, 0.4) is 0 Å². The predicted octanol–water partition coefficient (Wildman–Crippen LogP) is 2.83. The molecule has 1 unspecified atom stereocenters. The van der Waals surface area contributed by atoms with Gasteiger partial charge in [0.2, 0.25) is 5.91 Å². The van der Waals surface area contributed by atoms with Gasteiger partial charge in [-0.1, -0.05) is 29.1 Å². The molecule has 0 saturated carbocycles. The molecule has 0 spiro atoms. The molecule has 1 N–H and O–H groups in total. The lowest BCUT2D eigenvalue weighted by atomic mass is 10.2. The fourth-order valence-corrected chi connectivity index (χ4v) is 3.35. The van der Waals surface area contributed by atoms with E-state index >= 15 is 0 Å². The van der Waals surface area contributed by atoms with Crippen molar-refractivity contribution in [2.24, 2.45) is 0 Å². The van der Waals surface area contributed by atoms with Gasteiger partial charge in [0.25, 0.3) is 5.56 Å². The first-order valence-electron chi connectivity index (χ1n) is 7.90. The van der Waals surface area contributed by atoms with E-state index in [1.54, 1.807) is 36.6 Å². The number of nitrogens with zero attached hydrogens (tertiary/aromatic N) is 3. The van der Waals surface area contributed by atoms with Gasteiger partial charge in [0.05, 0.1) is 16.2 Å². The van der Waals surface area contributed by atoms with Gasteiger partial charge in [-0.3, -0.25) is 14.2 Å². The molecule has 2 aromatic heterocycles. The molecule has 25 heavy (non-hydrogen) atoms. The van der Waals surface area contributed by atoms with Crippen molar-refractivity contribution in [1.29, 1.82) is 0 Å². The lowest BCUT2D eigenvalue weighted by Gasteiger charge is -2.14. The minimum atomic E-state index is -0.456. The molecule has 7 nitrogen and oxygen atoms in total. The van der Waals surface area contributed by atoms with E-state index in [2.05, 4.69) is 15.5 Å². The Morgan fingerprint density at radius 3 is 2.84 bits per heavy atom. The summed E-state index contributed by atoms with van der Waals surface area (Å²) < 4.78 is 6.51. The van der Waals surface area contributed by atoms with E-state index in [1.165, 1.54) is 11.8 Å². The third kappa shape index (κ3) is 3.58. The maximum absolute atomic E-state index is 12.6. The van der Waals surface area contributed by atoms with Crippen molar-refractivity contribution in [2.75, 3.05) is 5.32 Å². The van der Waals surface area contributed by atoms with Gasteiger partial charge in [-0.15, -0.1) is 0 Å². The molecule has 2 heterocycles. The number of thioether (sulfide) groups is 1. The van der Waals surface area contributed by atoms with Crippen LogP contribution in [0.5, 0.6) is 0 Å². The third-order valence-electron chi connectivity index (χ3n) is 3.67. The van der Waals surface area contributed by atoms with Gasteiger partial charge in [0, 0.05) is 12.6 Å². The monoisotopic (exact) mass is 358 g/mol. The Bertz CT molecular complexity index is 979. The SMILES string of the molecule is CCn1c(SC(C)C(=O)Nc2cc(C)on2)nc2ccccc2c1=O. The van der Waals surface area contributed by atoms with Gasteiger partial charge in [0.15, 0.2) is 11.0 Å². The van der Waals surface area contributed by atoms with Crippen molar-refractivity contribution < 1.29 is 9.32 Å². The number of hydrogen-bond donors (Lipinski definition) is 1. The topological polar surface area (TPSA) is 90.0 Å². The fraction of sp³-hybridized carbons (Fsp3) is 0.294. The van der Waals surface area contributed by atoms with Crippen LogP contribution in [0.25, 0.3) is 10.9 Å². The number of rotatable bonds is 5. The van der Waals surface area contributed by atoms with Gasteiger partial charge in [-0.25, -0.2) is 4.98 Å². The van der Waals surface area contributed by atoms with Crippen molar-refractivity contribution >= 4 is 34.4 Å². The van der Waals surface area contributed by atoms with Gasteiger partial charge < -0.3 is 9.84 Å². The van der Waals surface area contributed by atoms with E-state index in [0.29, 0.717) is 34.2 Å². The van der Waals surface area contributed by atoms with E-state index in [4.69, 9.17) is 4.52 Å². The number of para-hydroxylation sites is 1. The zero-order valence-corrected chi connectivity index (χ0v) is 15.0. The van der Waals surface area contributed by atoms with E-state index in [-0.39, 0.29) is 11.5 Å². The van der Waals surface area contributed by atoms with Crippen LogP contribution in [0.2, 0.25) is 0 Å². The smallest absolute Gasteiger partial charge is 0.262 e. The molecule has 130 valence electrons. The summed E-state index contributed by atoms with van der Waals surface area (Å²) in [7, 11) is 0. The van der Waals surface area contributed by atoms with Crippen molar-refractivity contribution in [3.05, 3.63) is 46.4 Å². The Hall–Kier alpha value is -2.61. The fourth-order valence-electron chi connectivity index (χ4n) is 2.38. The molecule has 0 aliphatic rings. The maximum Gasteiger partial charge on any atom is 0.262 e. The molecule has 8 heteroatoms. The second kappa shape index (κ2) is 7.10. The zero-order chi connectivity index (χ0) is 18.0. The zero-order valence-electron chi connectivity index (χ0n) is 14.1. The molecular weight excluding hydrogens is 340 g/mol. The van der Waals surface area contributed by atoms with Crippen LogP contribution < -0.4 is 10.9 Å². The molecule has 0 saturated heterocycles. The Balaban J connectivity index is 1.86. The molecular formula is C17H18N4O3S. The van der Waals surface area contributed by atoms with Crippen LogP contribution in [-0.4, -0.2) is 25.9 Å². The molecule has 3 rings (SSSR count). The standard InChI is InChI=1S/C17H18N4O3S/c1-4-21-16(23)12-7-5-6-8-13(12)18-17(21)25-11(3)15(22)19-14-9-10(2)24-20-14/h5-9,11H,4H2,1-3H3,(H,19,20,22). The molecule has 1 atom stereocenters. The summed E-state index contributed by atoms with van der Waals surface area (Å²) in [6, 6.07) is 8.85. The second-order valence-electron chi connectivity index (χ2n) is 5.53. The van der Waals surface area contributed by atoms with Crippen molar-refractivity contribution in [2.45, 2.75) is 37.7 Å². The first-order chi connectivity index (χ1) is 12.0. The highest BCUT2D eigenvalue weighted by Gasteiger charge is 2.20. The maximum atomic E-state index is 12.6. The van der Waals surface area contributed by atoms with E-state index in [1.807, 2.05) is 19.1 Å². The lowest BCUT2D eigenvalue weighted by molar-refractivity contribution is -0.115. The summed E-state index contributed by atoms with van der Waals surface area (Å²) >= 11 is 1.24. The molecule has 0 radical (unpaired) electrons. The van der Waals surface area contributed by atoms with Crippen LogP contribution in [-0.2, 0) is 11.3 Å². The average molecular weight is 358 g/mol. The summed E-state index contributed by atoms with van der Waals surface area (Å²) in [4.78, 5) is 29.5. The molecule has 0 bridgehead atoms. The number of amides is 1. The number of aryl methyl sites for hydroxylation is 1. The number of hydrogen-bond acceptors (Lipinski definition) is 6. The summed E-state index contributed by atoms with van der Waals surface area (Å²) in [5, 5.41) is 7.08. The highest BCUT2D eigenvalue weighted by Crippen LogP contribution is 2.23. The Morgan fingerprint density at radius 2 is 2.16 bits per heavy atom. The van der Waals surface area contributed by atoms with Crippen molar-refractivity contribution in [3.63, 3.8) is 0 Å². The van der Waals surface area contributed by atoms with Gasteiger partial charge >= 0.3 is 0 Å². The third-order valence-corrected chi connectivity index (χ3v) is 4.76. The molecule has 0 aliphatic carbocycles. The molecule has 3 aromatic rings. The van der Waals surface area contributed by atoms with Gasteiger partial charge in [-0.05, 0) is 32.9 Å². The number of anilines is 1. The first-order valence-corrected chi connectivity index (χ1v) is 8.78. The molecule has 0 aliphatic heterocycles. The molecule has 1 amide bonds. The minimum absolute atomic E-state index is 0.102. The number of carbonyl (C=O) groups is 1. The highest BCUT2D eigenvalue weighted by molar-refractivity contribution is 8.00. The van der Waals surface area contributed by atoms with Crippen LogP contribution in [0, 0.1) is 6.92 Å². The Labute approximate surface area is 148 Å². The van der Waals surface area contributed by atoms with Crippen LogP contribution in [0.15, 0.2) is 44.8 Å². The van der Waals surface area contributed by atoms with Gasteiger partial charge in [0.1, 0.15) is 5.76 Å². The highest BCUT2D eigenvalue weighted by atomic mass is 32.2. The van der Waals surface area contributed by atoms with Crippen LogP contribution in [0.1, 0.15) is 19.6 Å². The number of fused-ring (bicyclic) bond motifs is 1. The summed E-state index contributed by atoms with van der Waals surface area (Å²) in [5.74, 6) is 0.754. The van der Waals surface area contributed by atoms with Crippen molar-refractivity contribution in [1.82, 2.24) is 14.7 Å². The average Bonchev–Trinajstić information content (AvgIpc) is 3.00. The number of nitrogens with one attached hydrogen (secondary N) is 1. The normalized spacial score (nSPS) is 12.3.